The maximum Gasteiger partial charge on any atom is 0.193 e. The van der Waals surface area contributed by atoms with Gasteiger partial charge in [0.2, 0.25) is 0 Å². The standard InChI is InChI=1S/C21H28N4O/c1-16-3-2-4-19(13-16)24-21(22)23-14-17-5-7-18(8-6-17)15-25-11-9-20(26)10-12-25/h2-8,13,20,26H,9-12,14-15H2,1H3,(H3,22,23,24). The zero-order valence-corrected chi connectivity index (χ0v) is 15.4. The van der Waals surface area contributed by atoms with Crippen molar-refractivity contribution in [3.05, 3.63) is 65.2 Å². The van der Waals surface area contributed by atoms with Crippen LogP contribution in [-0.4, -0.2) is 35.2 Å². The summed E-state index contributed by atoms with van der Waals surface area (Å²) in [7, 11) is 0. The molecule has 1 fully saturated rings. The van der Waals surface area contributed by atoms with E-state index in [1.807, 2.05) is 31.2 Å². The van der Waals surface area contributed by atoms with Crippen LogP contribution in [0.4, 0.5) is 5.69 Å². The molecule has 2 aromatic carbocycles. The number of aliphatic hydroxyl groups is 1. The molecule has 138 valence electrons. The molecule has 1 aliphatic rings. The first-order valence-corrected chi connectivity index (χ1v) is 9.20. The molecule has 0 aliphatic carbocycles. The van der Waals surface area contributed by atoms with Gasteiger partial charge < -0.3 is 16.2 Å². The van der Waals surface area contributed by atoms with Crippen LogP contribution in [0.5, 0.6) is 0 Å². The summed E-state index contributed by atoms with van der Waals surface area (Å²) in [5.41, 5.74) is 10.5. The van der Waals surface area contributed by atoms with Crippen LogP contribution in [0.25, 0.3) is 0 Å². The summed E-state index contributed by atoms with van der Waals surface area (Å²) in [4.78, 5) is 6.81. The number of benzene rings is 2. The number of aliphatic imine (C=N–C) groups is 1. The molecular formula is C21H28N4O. The quantitative estimate of drug-likeness (QED) is 0.571. The average Bonchev–Trinajstić information content (AvgIpc) is 2.63. The Labute approximate surface area is 155 Å². The molecule has 0 unspecified atom stereocenters. The fourth-order valence-electron chi connectivity index (χ4n) is 3.17. The summed E-state index contributed by atoms with van der Waals surface area (Å²) in [6.45, 7) is 5.48. The van der Waals surface area contributed by atoms with Crippen molar-refractivity contribution < 1.29 is 5.11 Å². The van der Waals surface area contributed by atoms with Crippen molar-refractivity contribution in [2.24, 2.45) is 10.7 Å². The summed E-state index contributed by atoms with van der Waals surface area (Å²) in [5, 5.41) is 12.7. The van der Waals surface area contributed by atoms with Crippen molar-refractivity contribution in [2.45, 2.75) is 39.0 Å². The third-order valence-electron chi connectivity index (χ3n) is 4.71. The van der Waals surface area contributed by atoms with E-state index in [0.29, 0.717) is 12.5 Å². The van der Waals surface area contributed by atoms with Crippen molar-refractivity contribution in [3.63, 3.8) is 0 Å². The topological polar surface area (TPSA) is 73.9 Å². The monoisotopic (exact) mass is 352 g/mol. The second kappa shape index (κ2) is 8.83. The number of piperidine rings is 1. The van der Waals surface area contributed by atoms with Gasteiger partial charge in [0.25, 0.3) is 0 Å². The Hall–Kier alpha value is -2.37. The van der Waals surface area contributed by atoms with E-state index in [4.69, 9.17) is 5.73 Å². The lowest BCUT2D eigenvalue weighted by atomic mass is 10.1. The number of hydrogen-bond donors (Lipinski definition) is 3. The van der Waals surface area contributed by atoms with E-state index in [1.165, 1.54) is 11.1 Å². The number of nitrogens with zero attached hydrogens (tertiary/aromatic N) is 2. The van der Waals surface area contributed by atoms with E-state index in [2.05, 4.69) is 39.5 Å². The Morgan fingerprint density at radius 3 is 2.54 bits per heavy atom. The molecule has 26 heavy (non-hydrogen) atoms. The van der Waals surface area contributed by atoms with Gasteiger partial charge in [0.1, 0.15) is 0 Å². The molecule has 1 aliphatic heterocycles. The third-order valence-corrected chi connectivity index (χ3v) is 4.71. The molecule has 1 heterocycles. The minimum Gasteiger partial charge on any atom is -0.393 e. The number of rotatable bonds is 5. The van der Waals surface area contributed by atoms with E-state index >= 15 is 0 Å². The molecule has 0 saturated carbocycles. The summed E-state index contributed by atoms with van der Waals surface area (Å²) >= 11 is 0. The van der Waals surface area contributed by atoms with Gasteiger partial charge in [-0.15, -0.1) is 0 Å². The number of anilines is 1. The Morgan fingerprint density at radius 2 is 1.85 bits per heavy atom. The maximum absolute atomic E-state index is 9.59. The van der Waals surface area contributed by atoms with E-state index in [1.54, 1.807) is 0 Å². The molecule has 0 spiro atoms. The van der Waals surface area contributed by atoms with Crippen LogP contribution in [0, 0.1) is 6.92 Å². The van der Waals surface area contributed by atoms with Gasteiger partial charge in [-0.25, -0.2) is 4.99 Å². The fraction of sp³-hybridized carbons (Fsp3) is 0.381. The van der Waals surface area contributed by atoms with Crippen molar-refractivity contribution >= 4 is 11.6 Å². The lowest BCUT2D eigenvalue weighted by Gasteiger charge is -2.29. The molecular weight excluding hydrogens is 324 g/mol. The minimum absolute atomic E-state index is 0.120. The van der Waals surface area contributed by atoms with Crippen molar-refractivity contribution in [1.82, 2.24) is 4.90 Å². The zero-order chi connectivity index (χ0) is 18.4. The second-order valence-corrected chi connectivity index (χ2v) is 7.02. The van der Waals surface area contributed by atoms with Crippen LogP contribution in [-0.2, 0) is 13.1 Å². The molecule has 2 aromatic rings. The first kappa shape index (κ1) is 18.4. The van der Waals surface area contributed by atoms with Gasteiger partial charge in [0.05, 0.1) is 12.6 Å². The molecule has 5 nitrogen and oxygen atoms in total. The number of aliphatic hydroxyl groups excluding tert-OH is 1. The lowest BCUT2D eigenvalue weighted by Crippen LogP contribution is -2.35. The molecule has 0 bridgehead atoms. The van der Waals surface area contributed by atoms with Gasteiger partial charge in [-0.05, 0) is 48.6 Å². The van der Waals surface area contributed by atoms with Gasteiger partial charge in [0.15, 0.2) is 5.96 Å². The van der Waals surface area contributed by atoms with Gasteiger partial charge in [-0.1, -0.05) is 36.4 Å². The maximum atomic E-state index is 9.59. The molecule has 0 aromatic heterocycles. The Morgan fingerprint density at radius 1 is 1.15 bits per heavy atom. The van der Waals surface area contributed by atoms with Crippen LogP contribution in [0.2, 0.25) is 0 Å². The smallest absolute Gasteiger partial charge is 0.193 e. The number of nitrogens with two attached hydrogens (primary N) is 1. The number of nitrogens with one attached hydrogen (secondary N) is 1. The van der Waals surface area contributed by atoms with Gasteiger partial charge in [-0.3, -0.25) is 4.90 Å². The predicted molar refractivity (Wildman–Crippen MR) is 107 cm³/mol. The van der Waals surface area contributed by atoms with Crippen molar-refractivity contribution in [1.29, 1.82) is 0 Å². The largest absolute Gasteiger partial charge is 0.393 e. The molecule has 0 radical (unpaired) electrons. The first-order valence-electron chi connectivity index (χ1n) is 9.20. The Balaban J connectivity index is 1.50. The van der Waals surface area contributed by atoms with Gasteiger partial charge in [-0.2, -0.15) is 0 Å². The number of hydrogen-bond acceptors (Lipinski definition) is 3. The van der Waals surface area contributed by atoms with Gasteiger partial charge in [0, 0.05) is 25.3 Å². The van der Waals surface area contributed by atoms with Crippen molar-refractivity contribution in [3.8, 4) is 0 Å². The number of aryl methyl sites for hydroxylation is 1. The molecule has 0 amide bonds. The fourth-order valence-corrected chi connectivity index (χ4v) is 3.17. The first-order chi connectivity index (χ1) is 12.6. The van der Waals surface area contributed by atoms with Crippen LogP contribution in [0.3, 0.4) is 0 Å². The second-order valence-electron chi connectivity index (χ2n) is 7.02. The summed E-state index contributed by atoms with van der Waals surface area (Å²) in [5.74, 6) is 0.423. The summed E-state index contributed by atoms with van der Waals surface area (Å²) in [6, 6.07) is 16.6. The van der Waals surface area contributed by atoms with Crippen LogP contribution >= 0.6 is 0 Å². The highest BCUT2D eigenvalue weighted by Gasteiger charge is 2.16. The highest BCUT2D eigenvalue weighted by Crippen LogP contribution is 2.15. The van der Waals surface area contributed by atoms with E-state index in [-0.39, 0.29) is 6.10 Å². The Kier molecular flexibility index (Phi) is 6.26. The van der Waals surface area contributed by atoms with Crippen molar-refractivity contribution in [2.75, 3.05) is 18.4 Å². The molecule has 5 heteroatoms. The highest BCUT2D eigenvalue weighted by molar-refractivity contribution is 5.92. The summed E-state index contributed by atoms with van der Waals surface area (Å²) in [6.07, 6.45) is 1.63. The highest BCUT2D eigenvalue weighted by atomic mass is 16.3. The molecule has 3 rings (SSSR count). The minimum atomic E-state index is -0.120. The van der Waals surface area contributed by atoms with Crippen LogP contribution < -0.4 is 11.1 Å². The van der Waals surface area contributed by atoms with Gasteiger partial charge >= 0.3 is 0 Å². The van der Waals surface area contributed by atoms with E-state index in [9.17, 15) is 5.11 Å². The lowest BCUT2D eigenvalue weighted by molar-refractivity contribution is 0.0792. The number of guanidine groups is 1. The summed E-state index contributed by atoms with van der Waals surface area (Å²) < 4.78 is 0. The van der Waals surface area contributed by atoms with E-state index < -0.39 is 0 Å². The third kappa shape index (κ3) is 5.58. The van der Waals surface area contributed by atoms with Crippen LogP contribution in [0.1, 0.15) is 29.5 Å². The zero-order valence-electron chi connectivity index (χ0n) is 15.4. The Bertz CT molecular complexity index is 734. The SMILES string of the molecule is Cc1cccc(NC(N)=NCc2ccc(CN3CCC(O)CC3)cc2)c1. The normalized spacial score (nSPS) is 16.6. The number of likely N-dealkylation sites (tertiary alicyclic amines) is 1. The van der Waals surface area contributed by atoms with E-state index in [0.717, 1.165) is 43.7 Å². The molecule has 4 N–H and O–H groups in total. The average molecular weight is 352 g/mol. The van der Waals surface area contributed by atoms with Crippen LogP contribution in [0.15, 0.2) is 53.5 Å². The predicted octanol–water partition coefficient (Wildman–Crippen LogP) is 2.88. The molecule has 1 saturated heterocycles. The molecule has 0 atom stereocenters.